The molecule has 1 aliphatic rings. The number of nitrogens with one attached hydrogen (secondary N) is 1. The molecule has 1 fully saturated rings. The van der Waals surface area contributed by atoms with E-state index in [9.17, 15) is 9.90 Å². The minimum atomic E-state index is -0.589. The summed E-state index contributed by atoms with van der Waals surface area (Å²) in [6.45, 7) is 2.67. The largest absolute Gasteiger partial charge is 0.391 e. The number of aliphatic hydroxyl groups is 1. The van der Waals surface area contributed by atoms with E-state index in [1.54, 1.807) is 0 Å². The normalized spacial score (nSPS) is 22.6. The molecule has 5 heteroatoms. The number of aliphatic hydroxyl groups excluding tert-OH is 1. The Balaban J connectivity index is 0.00000261. The molecule has 2 aromatic rings. The highest BCUT2D eigenvalue weighted by Gasteiger charge is 2.33. The number of carbonyl (C=O) groups excluding carboxylic acids is 1. The van der Waals surface area contributed by atoms with Crippen molar-refractivity contribution in [2.75, 3.05) is 6.54 Å². The van der Waals surface area contributed by atoms with E-state index < -0.39 is 6.10 Å². The number of amides is 1. The molecule has 3 atom stereocenters. The molecule has 3 rings (SSSR count). The average Bonchev–Trinajstić information content (AvgIpc) is 2.69. The van der Waals surface area contributed by atoms with E-state index in [1.807, 2.05) is 36.4 Å². The maximum atomic E-state index is 12.7. The van der Waals surface area contributed by atoms with Crippen LogP contribution in [0.3, 0.4) is 0 Å². The predicted molar refractivity (Wildman–Crippen MR) is 111 cm³/mol. The summed E-state index contributed by atoms with van der Waals surface area (Å²) in [4.78, 5) is 12.7. The Labute approximate surface area is 167 Å². The summed E-state index contributed by atoms with van der Waals surface area (Å²) >= 11 is 0. The number of carbonyl (C=O) groups is 1. The summed E-state index contributed by atoms with van der Waals surface area (Å²) in [5, 5.41) is 13.1. The van der Waals surface area contributed by atoms with Crippen LogP contribution in [-0.4, -0.2) is 29.7 Å². The quantitative estimate of drug-likeness (QED) is 0.736. The van der Waals surface area contributed by atoms with E-state index in [0.29, 0.717) is 19.4 Å². The minimum absolute atomic E-state index is 0. The molecule has 0 aliphatic heterocycles. The van der Waals surface area contributed by atoms with Crippen LogP contribution in [0.15, 0.2) is 60.7 Å². The van der Waals surface area contributed by atoms with Crippen LogP contribution in [0.5, 0.6) is 0 Å². The molecule has 1 saturated carbocycles. The van der Waals surface area contributed by atoms with Crippen molar-refractivity contribution in [2.24, 2.45) is 11.7 Å². The highest BCUT2D eigenvalue weighted by atomic mass is 35.5. The zero-order valence-corrected chi connectivity index (χ0v) is 16.5. The van der Waals surface area contributed by atoms with Gasteiger partial charge >= 0.3 is 0 Å². The van der Waals surface area contributed by atoms with Gasteiger partial charge in [-0.2, -0.15) is 0 Å². The molecule has 0 aromatic heterocycles. The van der Waals surface area contributed by atoms with Gasteiger partial charge < -0.3 is 16.2 Å². The molecule has 0 saturated heterocycles. The molecule has 146 valence electrons. The summed E-state index contributed by atoms with van der Waals surface area (Å²) in [6.07, 6.45) is 1.28. The Morgan fingerprint density at radius 2 is 1.59 bits per heavy atom. The molecule has 1 aliphatic carbocycles. The number of nitrogens with two attached hydrogens (primary N) is 1. The van der Waals surface area contributed by atoms with Crippen LogP contribution in [0.2, 0.25) is 0 Å². The second kappa shape index (κ2) is 9.36. The third kappa shape index (κ3) is 4.89. The summed E-state index contributed by atoms with van der Waals surface area (Å²) < 4.78 is 0. The lowest BCUT2D eigenvalue weighted by Crippen LogP contribution is -2.47. The van der Waals surface area contributed by atoms with Crippen molar-refractivity contribution < 1.29 is 9.90 Å². The molecule has 0 unspecified atom stereocenters. The number of halogens is 1. The van der Waals surface area contributed by atoms with Crippen molar-refractivity contribution in [3.63, 3.8) is 0 Å². The second-order valence-electron chi connectivity index (χ2n) is 7.52. The van der Waals surface area contributed by atoms with Crippen molar-refractivity contribution >= 4 is 18.3 Å². The first-order chi connectivity index (χ1) is 12.5. The standard InChI is InChI=1S/C22H28N2O2.ClH/c1-22(17-8-4-2-5-9-17,18-10-6-3-7-11-18)15-24-21(26)16-12-13-19(23)20(25)14-16;/h2-11,16,19-20,25H,12-15,23H2,1H3,(H,24,26);1H/t16-,19-,20-;/m0./s1. The lowest BCUT2D eigenvalue weighted by molar-refractivity contribution is -0.127. The third-order valence-corrected chi connectivity index (χ3v) is 5.68. The van der Waals surface area contributed by atoms with Crippen molar-refractivity contribution in [2.45, 2.75) is 43.7 Å². The Hall–Kier alpha value is -1.88. The fourth-order valence-electron chi connectivity index (χ4n) is 3.80. The highest BCUT2D eigenvalue weighted by molar-refractivity contribution is 5.85. The maximum Gasteiger partial charge on any atom is 0.223 e. The Kier molecular flexibility index (Phi) is 7.42. The van der Waals surface area contributed by atoms with Crippen molar-refractivity contribution in [3.05, 3.63) is 71.8 Å². The second-order valence-corrected chi connectivity index (χ2v) is 7.52. The molecular weight excluding hydrogens is 360 g/mol. The predicted octanol–water partition coefficient (Wildman–Crippen LogP) is 3.02. The Morgan fingerprint density at radius 1 is 1.07 bits per heavy atom. The lowest BCUT2D eigenvalue weighted by Gasteiger charge is -2.34. The molecule has 27 heavy (non-hydrogen) atoms. The van der Waals surface area contributed by atoms with E-state index in [0.717, 1.165) is 17.5 Å². The van der Waals surface area contributed by atoms with Gasteiger partial charge in [0.05, 0.1) is 6.10 Å². The number of benzene rings is 2. The van der Waals surface area contributed by atoms with Crippen LogP contribution in [-0.2, 0) is 10.2 Å². The first-order valence-corrected chi connectivity index (χ1v) is 9.33. The van der Waals surface area contributed by atoms with Gasteiger partial charge in [-0.15, -0.1) is 12.4 Å². The van der Waals surface area contributed by atoms with Gasteiger partial charge in [0.2, 0.25) is 5.91 Å². The maximum absolute atomic E-state index is 12.7. The molecule has 4 nitrogen and oxygen atoms in total. The highest BCUT2D eigenvalue weighted by Crippen LogP contribution is 2.32. The van der Waals surface area contributed by atoms with E-state index in [1.165, 1.54) is 0 Å². The molecule has 0 spiro atoms. The van der Waals surface area contributed by atoms with Crippen LogP contribution in [0.25, 0.3) is 0 Å². The molecule has 2 aromatic carbocycles. The molecule has 1 amide bonds. The first-order valence-electron chi connectivity index (χ1n) is 9.33. The third-order valence-electron chi connectivity index (χ3n) is 5.68. The minimum Gasteiger partial charge on any atom is -0.391 e. The van der Waals surface area contributed by atoms with E-state index in [-0.39, 0.29) is 35.7 Å². The van der Waals surface area contributed by atoms with Crippen molar-refractivity contribution in [1.82, 2.24) is 5.32 Å². The van der Waals surface area contributed by atoms with Gasteiger partial charge in [-0.05, 0) is 37.3 Å². The van der Waals surface area contributed by atoms with Crippen molar-refractivity contribution in [1.29, 1.82) is 0 Å². The Bertz CT molecular complexity index is 684. The van der Waals surface area contributed by atoms with Gasteiger partial charge in [0, 0.05) is 23.9 Å². The fraction of sp³-hybridized carbons (Fsp3) is 0.409. The molecule has 0 radical (unpaired) electrons. The van der Waals surface area contributed by atoms with Crippen LogP contribution in [0, 0.1) is 5.92 Å². The van der Waals surface area contributed by atoms with E-state index >= 15 is 0 Å². The molecule has 0 heterocycles. The van der Waals surface area contributed by atoms with Crippen LogP contribution < -0.4 is 11.1 Å². The van der Waals surface area contributed by atoms with Gasteiger partial charge in [0.25, 0.3) is 0 Å². The average molecular weight is 389 g/mol. The summed E-state index contributed by atoms with van der Waals surface area (Å²) in [6, 6.07) is 20.3. The number of hydrogen-bond acceptors (Lipinski definition) is 3. The number of hydrogen-bond donors (Lipinski definition) is 3. The fourth-order valence-corrected chi connectivity index (χ4v) is 3.80. The summed E-state index contributed by atoms with van der Waals surface area (Å²) in [5.74, 6) is -0.158. The molecule has 4 N–H and O–H groups in total. The van der Waals surface area contributed by atoms with Gasteiger partial charge in [-0.1, -0.05) is 60.7 Å². The zero-order valence-electron chi connectivity index (χ0n) is 15.7. The summed E-state index contributed by atoms with van der Waals surface area (Å²) in [5.41, 5.74) is 7.86. The topological polar surface area (TPSA) is 75.4 Å². The van der Waals surface area contributed by atoms with E-state index in [4.69, 9.17) is 5.73 Å². The SMILES string of the molecule is CC(CNC(=O)[C@H]1CC[C@H](N)[C@@H](O)C1)(c1ccccc1)c1ccccc1.Cl. The smallest absolute Gasteiger partial charge is 0.223 e. The van der Waals surface area contributed by atoms with Crippen molar-refractivity contribution in [3.8, 4) is 0 Å². The lowest BCUT2D eigenvalue weighted by atomic mass is 9.76. The van der Waals surface area contributed by atoms with Gasteiger partial charge in [0.1, 0.15) is 0 Å². The monoisotopic (exact) mass is 388 g/mol. The molecular formula is C22H29ClN2O2. The first kappa shape index (κ1) is 21.4. The molecule has 0 bridgehead atoms. The van der Waals surface area contributed by atoms with Gasteiger partial charge in [-0.3, -0.25) is 4.79 Å². The summed E-state index contributed by atoms with van der Waals surface area (Å²) in [7, 11) is 0. The zero-order chi connectivity index (χ0) is 18.6. The van der Waals surface area contributed by atoms with Crippen LogP contribution >= 0.6 is 12.4 Å². The number of rotatable bonds is 5. The Morgan fingerprint density at radius 3 is 2.07 bits per heavy atom. The van der Waals surface area contributed by atoms with E-state index in [2.05, 4.69) is 36.5 Å². The van der Waals surface area contributed by atoms with Gasteiger partial charge in [0.15, 0.2) is 0 Å². The van der Waals surface area contributed by atoms with Crippen LogP contribution in [0.1, 0.15) is 37.3 Å². The van der Waals surface area contributed by atoms with Gasteiger partial charge in [-0.25, -0.2) is 0 Å². The van der Waals surface area contributed by atoms with Crippen LogP contribution in [0.4, 0.5) is 0 Å².